The van der Waals surface area contributed by atoms with Crippen LogP contribution < -0.4 is 5.32 Å². The minimum atomic E-state index is -0.861. The predicted molar refractivity (Wildman–Crippen MR) is 276 cm³/mol. The van der Waals surface area contributed by atoms with Gasteiger partial charge in [-0.1, -0.05) is 252 Å². The molecule has 0 rings (SSSR count). The number of hydrogen-bond acceptors (Lipinski definition) is 3. The largest absolute Gasteiger partial charge is 0.394 e. The van der Waals surface area contributed by atoms with Gasteiger partial charge in [0.1, 0.15) is 0 Å². The quantitative estimate of drug-likeness (QED) is 0.0422. The Kier molecular flexibility index (Phi) is 50.4. The molecule has 2 unspecified atom stereocenters. The van der Waals surface area contributed by atoms with Crippen LogP contribution in [0.3, 0.4) is 0 Å². The normalized spacial score (nSPS) is 13.7. The molecule has 0 aromatic rings. The molecule has 62 heavy (non-hydrogen) atoms. The first kappa shape index (κ1) is 59.3. The van der Waals surface area contributed by atoms with Gasteiger partial charge >= 0.3 is 0 Å². The van der Waals surface area contributed by atoms with Crippen molar-refractivity contribution in [2.45, 2.75) is 257 Å². The van der Waals surface area contributed by atoms with Crippen LogP contribution in [0.1, 0.15) is 245 Å². The second-order valence-electron chi connectivity index (χ2n) is 17.6. The van der Waals surface area contributed by atoms with Gasteiger partial charge in [0, 0.05) is 6.42 Å². The molecular formula is C58H101NO3. The van der Waals surface area contributed by atoms with Crippen molar-refractivity contribution in [3.63, 3.8) is 0 Å². The topological polar surface area (TPSA) is 69.6 Å². The van der Waals surface area contributed by atoms with Crippen molar-refractivity contribution in [1.29, 1.82) is 0 Å². The van der Waals surface area contributed by atoms with E-state index < -0.39 is 12.1 Å². The van der Waals surface area contributed by atoms with Gasteiger partial charge in [-0.3, -0.25) is 4.79 Å². The Labute approximate surface area is 385 Å². The van der Waals surface area contributed by atoms with E-state index in [2.05, 4.69) is 104 Å². The number of allylic oxidation sites excluding steroid dienone is 15. The summed E-state index contributed by atoms with van der Waals surface area (Å²) in [6.45, 7) is 4.13. The van der Waals surface area contributed by atoms with Crippen LogP contribution in [0, 0.1) is 0 Å². The summed E-state index contributed by atoms with van der Waals surface area (Å²) in [4.78, 5) is 12.4. The number of hydrogen-bond donors (Lipinski definition) is 3. The number of nitrogens with one attached hydrogen (secondary N) is 1. The van der Waals surface area contributed by atoms with Crippen molar-refractivity contribution in [3.8, 4) is 0 Å². The lowest BCUT2D eigenvalue weighted by Crippen LogP contribution is -2.45. The van der Waals surface area contributed by atoms with E-state index in [9.17, 15) is 15.0 Å². The number of unbranched alkanes of at least 4 members (excludes halogenated alkanes) is 26. The summed E-state index contributed by atoms with van der Waals surface area (Å²) in [7, 11) is 0. The number of carbonyl (C=O) groups excluding carboxylic acids is 1. The van der Waals surface area contributed by atoms with Crippen molar-refractivity contribution < 1.29 is 15.0 Å². The maximum absolute atomic E-state index is 12.4. The minimum Gasteiger partial charge on any atom is -0.394 e. The molecule has 0 aromatic heterocycles. The highest BCUT2D eigenvalue weighted by Crippen LogP contribution is 2.16. The van der Waals surface area contributed by atoms with Gasteiger partial charge in [0.15, 0.2) is 0 Å². The summed E-state index contributed by atoms with van der Waals surface area (Å²) in [5, 5.41) is 22.9. The average Bonchev–Trinajstić information content (AvgIpc) is 3.28. The van der Waals surface area contributed by atoms with E-state index in [0.717, 1.165) is 70.6 Å². The predicted octanol–water partition coefficient (Wildman–Crippen LogP) is 17.4. The zero-order valence-electron chi connectivity index (χ0n) is 40.9. The Morgan fingerprint density at radius 2 is 0.726 bits per heavy atom. The van der Waals surface area contributed by atoms with Gasteiger partial charge in [-0.2, -0.15) is 0 Å². The van der Waals surface area contributed by atoms with Crippen molar-refractivity contribution in [2.24, 2.45) is 0 Å². The lowest BCUT2D eigenvalue weighted by molar-refractivity contribution is -0.123. The van der Waals surface area contributed by atoms with E-state index in [0.29, 0.717) is 6.42 Å². The molecule has 0 aliphatic heterocycles. The minimum absolute atomic E-state index is 0.0766. The molecule has 4 nitrogen and oxygen atoms in total. The third-order valence-electron chi connectivity index (χ3n) is 11.6. The van der Waals surface area contributed by atoms with E-state index in [1.165, 1.54) is 154 Å². The summed E-state index contributed by atoms with van der Waals surface area (Å²) >= 11 is 0. The molecule has 0 aliphatic rings. The molecule has 0 aliphatic carbocycles. The van der Waals surface area contributed by atoms with Gasteiger partial charge in [0.2, 0.25) is 5.91 Å². The second kappa shape index (κ2) is 52.7. The standard InChI is InChI=1S/C58H101NO3/c1-3-5-7-9-11-13-14-15-16-17-18-19-20-21-22-23-24-25-26-27-28-29-30-31-32-33-34-35-36-37-38-39-40-41-42-43-44-46-48-50-52-54-58(62)59-56(55-60)57(61)53-51-49-47-45-12-10-8-6-4-2/h5,7,11-13,15-16,18-19,21-22,24-25,45,51,53,56-57,60-61H,3-4,6,8-10,14,17,20,23,26-44,46-50,52,54-55H2,1-2H3,(H,59,62)/b7-5-,13-11-,16-15-,19-18-,22-21-,25-24-,45-12+,53-51+. The first-order chi connectivity index (χ1) is 30.7. The summed E-state index contributed by atoms with van der Waals surface area (Å²) in [5.74, 6) is -0.0766. The summed E-state index contributed by atoms with van der Waals surface area (Å²) < 4.78 is 0. The molecule has 2 atom stereocenters. The van der Waals surface area contributed by atoms with E-state index in [-0.39, 0.29) is 12.5 Å². The summed E-state index contributed by atoms with van der Waals surface area (Å²) in [6.07, 6.45) is 78.7. The molecule has 1 amide bonds. The Morgan fingerprint density at radius 1 is 0.403 bits per heavy atom. The molecule has 0 fully saturated rings. The lowest BCUT2D eigenvalue weighted by Gasteiger charge is -2.19. The lowest BCUT2D eigenvalue weighted by atomic mass is 10.0. The van der Waals surface area contributed by atoms with Crippen LogP contribution in [0.5, 0.6) is 0 Å². The number of aliphatic hydroxyl groups is 2. The summed E-state index contributed by atoms with van der Waals surface area (Å²) in [5.41, 5.74) is 0. The summed E-state index contributed by atoms with van der Waals surface area (Å²) in [6, 6.07) is -0.638. The van der Waals surface area contributed by atoms with Crippen molar-refractivity contribution in [2.75, 3.05) is 6.61 Å². The maximum atomic E-state index is 12.4. The smallest absolute Gasteiger partial charge is 0.220 e. The molecule has 0 aromatic carbocycles. The number of amides is 1. The van der Waals surface area contributed by atoms with Gasteiger partial charge in [0.25, 0.3) is 0 Å². The Balaban J connectivity index is 3.42. The van der Waals surface area contributed by atoms with Crippen LogP contribution in [0.4, 0.5) is 0 Å². The van der Waals surface area contributed by atoms with Gasteiger partial charge in [0.05, 0.1) is 18.8 Å². The fourth-order valence-electron chi connectivity index (χ4n) is 7.55. The number of carbonyl (C=O) groups is 1. The van der Waals surface area contributed by atoms with E-state index in [1.54, 1.807) is 6.08 Å². The second-order valence-corrected chi connectivity index (χ2v) is 17.6. The van der Waals surface area contributed by atoms with Crippen molar-refractivity contribution in [1.82, 2.24) is 5.32 Å². The van der Waals surface area contributed by atoms with E-state index >= 15 is 0 Å². The van der Waals surface area contributed by atoms with Crippen molar-refractivity contribution >= 4 is 5.91 Å². The van der Waals surface area contributed by atoms with E-state index in [1.807, 2.05) is 6.08 Å². The first-order valence-electron chi connectivity index (χ1n) is 26.5. The van der Waals surface area contributed by atoms with Gasteiger partial charge < -0.3 is 15.5 Å². The number of aliphatic hydroxyl groups excluding tert-OH is 2. The highest BCUT2D eigenvalue weighted by molar-refractivity contribution is 5.76. The van der Waals surface area contributed by atoms with Gasteiger partial charge in [-0.25, -0.2) is 0 Å². The number of rotatable bonds is 47. The molecule has 3 N–H and O–H groups in total. The monoisotopic (exact) mass is 860 g/mol. The molecular weight excluding hydrogens is 759 g/mol. The van der Waals surface area contributed by atoms with Gasteiger partial charge in [-0.05, 0) is 83.5 Å². The molecule has 0 saturated carbocycles. The fourth-order valence-corrected chi connectivity index (χ4v) is 7.55. The van der Waals surface area contributed by atoms with Crippen molar-refractivity contribution in [3.05, 3.63) is 97.2 Å². The highest BCUT2D eigenvalue weighted by Gasteiger charge is 2.17. The molecule has 0 spiro atoms. The van der Waals surface area contributed by atoms with Crippen LogP contribution in [0.25, 0.3) is 0 Å². The fraction of sp³-hybridized carbons (Fsp3) is 0.707. The van der Waals surface area contributed by atoms with Crippen LogP contribution >= 0.6 is 0 Å². The first-order valence-corrected chi connectivity index (χ1v) is 26.5. The van der Waals surface area contributed by atoms with Gasteiger partial charge in [-0.15, -0.1) is 0 Å². The SMILES string of the molecule is CC/C=C\C/C=C\C/C=C\C/C=C\C/C=C\C/C=C\CCCCCCCCCCCCCCCCCCCCCCCCC(=O)NC(CO)C(O)/C=C/CC/C=C/CCCCC. The molecule has 0 saturated heterocycles. The van der Waals surface area contributed by atoms with Crippen LogP contribution in [-0.4, -0.2) is 34.9 Å². The molecule has 0 radical (unpaired) electrons. The van der Waals surface area contributed by atoms with Crippen LogP contribution in [0.15, 0.2) is 97.2 Å². The third kappa shape index (κ3) is 48.3. The molecule has 356 valence electrons. The molecule has 0 bridgehead atoms. The van der Waals surface area contributed by atoms with E-state index in [4.69, 9.17) is 0 Å². The average molecular weight is 860 g/mol. The van der Waals surface area contributed by atoms with Crippen LogP contribution in [0.2, 0.25) is 0 Å². The Hall–Kier alpha value is -2.69. The van der Waals surface area contributed by atoms with Crippen LogP contribution in [-0.2, 0) is 4.79 Å². The Morgan fingerprint density at radius 3 is 1.13 bits per heavy atom. The highest BCUT2D eigenvalue weighted by atomic mass is 16.3. The molecule has 0 heterocycles. The Bertz CT molecular complexity index is 1160. The molecule has 4 heteroatoms. The third-order valence-corrected chi connectivity index (χ3v) is 11.6. The zero-order valence-corrected chi connectivity index (χ0v) is 40.9. The zero-order chi connectivity index (χ0) is 44.9. The maximum Gasteiger partial charge on any atom is 0.220 e.